The highest BCUT2D eigenvalue weighted by molar-refractivity contribution is 9.10. The minimum Gasteiger partial charge on any atom is -0.370 e. The molecule has 2 rings (SSSR count). The molecule has 0 bridgehead atoms. The summed E-state index contributed by atoms with van der Waals surface area (Å²) in [5.74, 6) is -1.75. The number of amides is 1. The van der Waals surface area contributed by atoms with Gasteiger partial charge in [-0.05, 0) is 36.8 Å². The van der Waals surface area contributed by atoms with Crippen molar-refractivity contribution in [2.75, 3.05) is 5.32 Å². The average Bonchev–Trinajstić information content (AvgIpc) is 2.40. The molecule has 1 atom stereocenters. The molecule has 0 saturated carbocycles. The molecule has 0 fully saturated rings. The van der Waals surface area contributed by atoms with Crippen LogP contribution in [0.4, 0.5) is 14.5 Å². The zero-order valence-corrected chi connectivity index (χ0v) is 12.7. The topological polar surface area (TPSA) is 55.1 Å². The summed E-state index contributed by atoms with van der Waals surface area (Å²) in [7, 11) is 0. The predicted molar refractivity (Wildman–Crippen MR) is 80.8 cm³/mol. The SMILES string of the molecule is Cc1ccc(NC(C(N)=O)c2ccc(Br)cc2F)cc1F. The van der Waals surface area contributed by atoms with Crippen LogP contribution in [0.2, 0.25) is 0 Å². The Bertz CT molecular complexity index is 691. The van der Waals surface area contributed by atoms with Crippen molar-refractivity contribution in [2.45, 2.75) is 13.0 Å². The second-order valence-corrected chi connectivity index (χ2v) is 5.53. The minimum absolute atomic E-state index is 0.103. The summed E-state index contributed by atoms with van der Waals surface area (Å²) < 4.78 is 28.0. The van der Waals surface area contributed by atoms with E-state index in [-0.39, 0.29) is 5.56 Å². The fourth-order valence-corrected chi connectivity index (χ4v) is 2.22. The summed E-state index contributed by atoms with van der Waals surface area (Å²) in [6.45, 7) is 1.62. The lowest BCUT2D eigenvalue weighted by atomic mass is 10.0. The van der Waals surface area contributed by atoms with E-state index in [9.17, 15) is 13.6 Å². The molecule has 0 radical (unpaired) electrons. The van der Waals surface area contributed by atoms with E-state index in [1.54, 1.807) is 25.1 Å². The molecule has 3 nitrogen and oxygen atoms in total. The van der Waals surface area contributed by atoms with E-state index in [1.165, 1.54) is 18.2 Å². The van der Waals surface area contributed by atoms with Crippen LogP contribution in [-0.4, -0.2) is 5.91 Å². The van der Waals surface area contributed by atoms with Crippen molar-refractivity contribution in [3.05, 3.63) is 63.6 Å². The molecule has 0 aliphatic rings. The van der Waals surface area contributed by atoms with E-state index in [4.69, 9.17) is 5.73 Å². The van der Waals surface area contributed by atoms with Crippen LogP contribution in [0.1, 0.15) is 17.2 Å². The Balaban J connectivity index is 2.35. The summed E-state index contributed by atoms with van der Waals surface area (Å²) >= 11 is 3.14. The molecular formula is C15H13BrF2N2O. The molecule has 0 aliphatic heterocycles. The maximum Gasteiger partial charge on any atom is 0.244 e. The van der Waals surface area contributed by atoms with Crippen molar-refractivity contribution in [3.8, 4) is 0 Å². The van der Waals surface area contributed by atoms with E-state index >= 15 is 0 Å². The first-order valence-electron chi connectivity index (χ1n) is 6.15. The molecule has 1 amide bonds. The second-order valence-electron chi connectivity index (χ2n) is 4.61. The van der Waals surface area contributed by atoms with Gasteiger partial charge in [0.1, 0.15) is 17.7 Å². The first-order valence-corrected chi connectivity index (χ1v) is 6.94. The molecule has 1 unspecified atom stereocenters. The third-order valence-corrected chi connectivity index (χ3v) is 3.53. The number of primary amides is 1. The number of halogens is 3. The third kappa shape index (κ3) is 3.58. The lowest BCUT2D eigenvalue weighted by Crippen LogP contribution is -2.28. The smallest absolute Gasteiger partial charge is 0.244 e. The van der Waals surface area contributed by atoms with Gasteiger partial charge in [-0.3, -0.25) is 4.79 Å². The molecule has 0 heterocycles. The van der Waals surface area contributed by atoms with Gasteiger partial charge in [-0.1, -0.05) is 28.1 Å². The minimum atomic E-state index is -1.08. The van der Waals surface area contributed by atoms with Crippen molar-refractivity contribution < 1.29 is 13.6 Å². The van der Waals surface area contributed by atoms with Crippen molar-refractivity contribution >= 4 is 27.5 Å². The zero-order valence-electron chi connectivity index (χ0n) is 11.2. The van der Waals surface area contributed by atoms with E-state index in [1.807, 2.05) is 0 Å². The van der Waals surface area contributed by atoms with Gasteiger partial charge in [-0.2, -0.15) is 0 Å². The van der Waals surface area contributed by atoms with Crippen LogP contribution >= 0.6 is 15.9 Å². The molecule has 110 valence electrons. The number of aryl methyl sites for hydroxylation is 1. The number of anilines is 1. The van der Waals surface area contributed by atoms with Crippen LogP contribution in [0, 0.1) is 18.6 Å². The van der Waals surface area contributed by atoms with Crippen molar-refractivity contribution in [2.24, 2.45) is 5.73 Å². The highest BCUT2D eigenvalue weighted by Gasteiger charge is 2.21. The first-order chi connectivity index (χ1) is 9.88. The fraction of sp³-hybridized carbons (Fsp3) is 0.133. The van der Waals surface area contributed by atoms with Gasteiger partial charge < -0.3 is 11.1 Å². The highest BCUT2D eigenvalue weighted by atomic mass is 79.9. The fourth-order valence-electron chi connectivity index (χ4n) is 1.89. The zero-order chi connectivity index (χ0) is 15.6. The lowest BCUT2D eigenvalue weighted by Gasteiger charge is -2.18. The van der Waals surface area contributed by atoms with E-state index in [2.05, 4.69) is 21.2 Å². The Hall–Kier alpha value is -1.95. The number of benzene rings is 2. The molecule has 0 aromatic heterocycles. The number of carbonyl (C=O) groups excluding carboxylic acids is 1. The number of hydrogen-bond acceptors (Lipinski definition) is 2. The summed E-state index contributed by atoms with van der Waals surface area (Å²) in [6.07, 6.45) is 0. The molecule has 3 N–H and O–H groups in total. The van der Waals surface area contributed by atoms with Crippen molar-refractivity contribution in [1.82, 2.24) is 0 Å². The molecule has 2 aromatic rings. The van der Waals surface area contributed by atoms with Crippen molar-refractivity contribution in [1.29, 1.82) is 0 Å². The molecule has 2 aromatic carbocycles. The summed E-state index contributed by atoms with van der Waals surface area (Å²) in [4.78, 5) is 11.6. The number of nitrogens with two attached hydrogens (primary N) is 1. The largest absolute Gasteiger partial charge is 0.370 e. The maximum atomic E-state index is 14.0. The molecule has 21 heavy (non-hydrogen) atoms. The Morgan fingerprint density at radius 1 is 1.19 bits per heavy atom. The monoisotopic (exact) mass is 354 g/mol. The Labute approximate surface area is 129 Å². The first kappa shape index (κ1) is 15.4. The standard InChI is InChI=1S/C15H13BrF2N2O/c1-8-2-4-10(7-12(8)17)20-14(15(19)21)11-5-3-9(16)6-13(11)18/h2-7,14,20H,1H3,(H2,19,21). The summed E-state index contributed by atoms with van der Waals surface area (Å²) in [6, 6.07) is 7.61. The predicted octanol–water partition coefficient (Wildman–Crippen LogP) is 3.67. The Kier molecular flexibility index (Phi) is 4.57. The van der Waals surface area contributed by atoms with Gasteiger partial charge in [0.15, 0.2) is 0 Å². The van der Waals surface area contributed by atoms with Crippen LogP contribution in [-0.2, 0) is 4.79 Å². The molecule has 6 heteroatoms. The van der Waals surface area contributed by atoms with Crippen LogP contribution in [0.5, 0.6) is 0 Å². The second kappa shape index (κ2) is 6.22. The molecular weight excluding hydrogens is 342 g/mol. The number of nitrogens with one attached hydrogen (secondary N) is 1. The van der Waals surface area contributed by atoms with Gasteiger partial charge in [-0.15, -0.1) is 0 Å². The normalized spacial score (nSPS) is 12.0. The molecule has 0 saturated heterocycles. The third-order valence-electron chi connectivity index (χ3n) is 3.04. The van der Waals surface area contributed by atoms with Gasteiger partial charge >= 0.3 is 0 Å². The van der Waals surface area contributed by atoms with Crippen LogP contribution in [0.25, 0.3) is 0 Å². The van der Waals surface area contributed by atoms with Gasteiger partial charge in [0.05, 0.1) is 0 Å². The van der Waals surface area contributed by atoms with E-state index < -0.39 is 23.6 Å². The van der Waals surface area contributed by atoms with Crippen LogP contribution in [0.15, 0.2) is 40.9 Å². The highest BCUT2D eigenvalue weighted by Crippen LogP contribution is 2.25. The quantitative estimate of drug-likeness (QED) is 0.879. The Morgan fingerprint density at radius 3 is 2.48 bits per heavy atom. The number of hydrogen-bond donors (Lipinski definition) is 2. The Morgan fingerprint density at radius 2 is 1.90 bits per heavy atom. The summed E-state index contributed by atoms with van der Waals surface area (Å²) in [5.41, 5.74) is 6.25. The average molecular weight is 355 g/mol. The molecule has 0 spiro atoms. The van der Waals surface area contributed by atoms with Crippen LogP contribution < -0.4 is 11.1 Å². The van der Waals surface area contributed by atoms with Crippen molar-refractivity contribution in [3.63, 3.8) is 0 Å². The maximum absolute atomic E-state index is 14.0. The lowest BCUT2D eigenvalue weighted by molar-refractivity contribution is -0.118. The van der Waals surface area contributed by atoms with E-state index in [0.717, 1.165) is 0 Å². The van der Waals surface area contributed by atoms with E-state index in [0.29, 0.717) is 15.7 Å². The van der Waals surface area contributed by atoms with Crippen LogP contribution in [0.3, 0.4) is 0 Å². The molecule has 0 aliphatic carbocycles. The number of carbonyl (C=O) groups is 1. The van der Waals surface area contributed by atoms with Gasteiger partial charge in [-0.25, -0.2) is 8.78 Å². The summed E-state index contributed by atoms with van der Waals surface area (Å²) in [5, 5.41) is 2.75. The van der Waals surface area contributed by atoms with Gasteiger partial charge in [0, 0.05) is 15.7 Å². The van der Waals surface area contributed by atoms with Gasteiger partial charge in [0.2, 0.25) is 5.91 Å². The number of rotatable bonds is 4. The van der Waals surface area contributed by atoms with Gasteiger partial charge in [0.25, 0.3) is 0 Å².